The quantitative estimate of drug-likeness (QED) is 0.684. The monoisotopic (exact) mass is 346 g/mol. The SMILES string of the molecule is CCCS(=O)(=O)NC/C=C/CN[C@H](C)c1cccc2ccccc12. The molecular weight excluding hydrogens is 320 g/mol. The van der Waals surface area contributed by atoms with Gasteiger partial charge in [0.25, 0.3) is 0 Å². The first-order valence-corrected chi connectivity index (χ1v) is 10.0. The third kappa shape index (κ3) is 5.44. The van der Waals surface area contributed by atoms with Crippen molar-refractivity contribution in [2.24, 2.45) is 0 Å². The minimum Gasteiger partial charge on any atom is -0.307 e. The molecule has 0 saturated carbocycles. The summed E-state index contributed by atoms with van der Waals surface area (Å²) in [5, 5.41) is 5.95. The summed E-state index contributed by atoms with van der Waals surface area (Å²) >= 11 is 0. The lowest BCUT2D eigenvalue weighted by atomic mass is 10.00. The summed E-state index contributed by atoms with van der Waals surface area (Å²) < 4.78 is 25.6. The summed E-state index contributed by atoms with van der Waals surface area (Å²) in [5.41, 5.74) is 1.27. The van der Waals surface area contributed by atoms with Crippen molar-refractivity contribution in [3.05, 3.63) is 60.2 Å². The van der Waals surface area contributed by atoms with Gasteiger partial charge in [0.2, 0.25) is 10.0 Å². The minimum absolute atomic E-state index is 0.178. The van der Waals surface area contributed by atoms with E-state index in [2.05, 4.69) is 53.4 Å². The maximum absolute atomic E-state index is 11.5. The van der Waals surface area contributed by atoms with Crippen LogP contribution in [0.1, 0.15) is 31.9 Å². The predicted octanol–water partition coefficient (Wildman–Crippen LogP) is 3.38. The van der Waals surface area contributed by atoms with Gasteiger partial charge in [-0.15, -0.1) is 0 Å². The molecule has 0 aromatic heterocycles. The van der Waals surface area contributed by atoms with Crippen molar-refractivity contribution in [3.63, 3.8) is 0 Å². The fraction of sp³-hybridized carbons (Fsp3) is 0.368. The molecule has 1 atom stereocenters. The average Bonchev–Trinajstić information content (AvgIpc) is 2.57. The molecule has 24 heavy (non-hydrogen) atoms. The van der Waals surface area contributed by atoms with E-state index in [-0.39, 0.29) is 11.8 Å². The molecule has 5 heteroatoms. The van der Waals surface area contributed by atoms with Gasteiger partial charge in [0.1, 0.15) is 0 Å². The molecule has 0 aliphatic carbocycles. The molecule has 0 unspecified atom stereocenters. The molecule has 0 aliphatic rings. The van der Waals surface area contributed by atoms with Gasteiger partial charge in [-0.3, -0.25) is 0 Å². The zero-order valence-electron chi connectivity index (χ0n) is 14.3. The maximum atomic E-state index is 11.5. The van der Waals surface area contributed by atoms with Crippen LogP contribution in [0.2, 0.25) is 0 Å². The summed E-state index contributed by atoms with van der Waals surface area (Å²) in [7, 11) is -3.12. The summed E-state index contributed by atoms with van der Waals surface area (Å²) in [6.45, 7) is 5.03. The fourth-order valence-electron chi connectivity index (χ4n) is 2.67. The van der Waals surface area contributed by atoms with Gasteiger partial charge in [0, 0.05) is 19.1 Å². The molecule has 0 heterocycles. The Labute approximate surface area is 145 Å². The van der Waals surface area contributed by atoms with Crippen molar-refractivity contribution in [1.82, 2.24) is 10.0 Å². The molecule has 4 nitrogen and oxygen atoms in total. The van der Waals surface area contributed by atoms with Gasteiger partial charge in [0.05, 0.1) is 5.75 Å². The molecule has 2 aromatic carbocycles. The van der Waals surface area contributed by atoms with Gasteiger partial charge >= 0.3 is 0 Å². The van der Waals surface area contributed by atoms with Crippen molar-refractivity contribution in [2.45, 2.75) is 26.3 Å². The van der Waals surface area contributed by atoms with Crippen molar-refractivity contribution in [2.75, 3.05) is 18.8 Å². The third-order valence-corrected chi connectivity index (χ3v) is 5.44. The Morgan fingerprint density at radius 2 is 1.75 bits per heavy atom. The van der Waals surface area contributed by atoms with Crippen LogP contribution in [0.3, 0.4) is 0 Å². The molecule has 0 saturated heterocycles. The van der Waals surface area contributed by atoms with Crippen LogP contribution < -0.4 is 10.0 Å². The van der Waals surface area contributed by atoms with Crippen molar-refractivity contribution in [1.29, 1.82) is 0 Å². The zero-order chi connectivity index (χ0) is 17.4. The van der Waals surface area contributed by atoms with E-state index in [1.54, 1.807) is 0 Å². The van der Waals surface area contributed by atoms with Crippen molar-refractivity contribution < 1.29 is 8.42 Å². The maximum Gasteiger partial charge on any atom is 0.211 e. The van der Waals surface area contributed by atoms with Gasteiger partial charge in [0.15, 0.2) is 0 Å². The lowest BCUT2D eigenvalue weighted by Gasteiger charge is -2.15. The second-order valence-electron chi connectivity index (χ2n) is 5.84. The first kappa shape index (κ1) is 18.6. The molecule has 130 valence electrons. The van der Waals surface area contributed by atoms with Crippen LogP contribution in [-0.4, -0.2) is 27.3 Å². The number of fused-ring (bicyclic) bond motifs is 1. The predicted molar refractivity (Wildman–Crippen MR) is 102 cm³/mol. The van der Waals surface area contributed by atoms with Crippen LogP contribution in [0, 0.1) is 0 Å². The highest BCUT2D eigenvalue weighted by Gasteiger charge is 2.08. The van der Waals surface area contributed by atoms with Crippen molar-refractivity contribution >= 4 is 20.8 Å². The van der Waals surface area contributed by atoms with Crippen LogP contribution in [0.4, 0.5) is 0 Å². The lowest BCUT2D eigenvalue weighted by Crippen LogP contribution is -2.26. The number of nitrogens with one attached hydrogen (secondary N) is 2. The number of hydrogen-bond donors (Lipinski definition) is 2. The van der Waals surface area contributed by atoms with E-state index < -0.39 is 10.0 Å². The Morgan fingerprint density at radius 3 is 2.54 bits per heavy atom. The number of benzene rings is 2. The Bertz CT molecular complexity index is 780. The third-order valence-electron chi connectivity index (χ3n) is 3.89. The largest absolute Gasteiger partial charge is 0.307 e. The van der Waals surface area contributed by atoms with Crippen LogP contribution in [-0.2, 0) is 10.0 Å². The molecule has 0 spiro atoms. The van der Waals surface area contributed by atoms with Crippen LogP contribution in [0.15, 0.2) is 54.6 Å². The Kier molecular flexibility index (Phi) is 6.97. The van der Waals surface area contributed by atoms with Gasteiger partial charge < -0.3 is 5.32 Å². The highest BCUT2D eigenvalue weighted by atomic mass is 32.2. The molecule has 0 aliphatic heterocycles. The molecule has 0 fully saturated rings. The van der Waals surface area contributed by atoms with Gasteiger partial charge in [-0.25, -0.2) is 13.1 Å². The molecular formula is C19H26N2O2S. The topological polar surface area (TPSA) is 58.2 Å². The van der Waals surface area contributed by atoms with E-state index in [1.807, 2.05) is 25.1 Å². The smallest absolute Gasteiger partial charge is 0.211 e. The van der Waals surface area contributed by atoms with E-state index in [1.165, 1.54) is 16.3 Å². The van der Waals surface area contributed by atoms with Gasteiger partial charge in [-0.2, -0.15) is 0 Å². The van der Waals surface area contributed by atoms with E-state index in [0.29, 0.717) is 19.5 Å². The van der Waals surface area contributed by atoms with Gasteiger partial charge in [-0.1, -0.05) is 61.5 Å². The first-order valence-electron chi connectivity index (χ1n) is 8.37. The van der Waals surface area contributed by atoms with E-state index in [0.717, 1.165) is 0 Å². The van der Waals surface area contributed by atoms with E-state index >= 15 is 0 Å². The Balaban J connectivity index is 1.85. The summed E-state index contributed by atoms with van der Waals surface area (Å²) in [6, 6.07) is 14.9. The molecule has 0 radical (unpaired) electrons. The molecule has 2 aromatic rings. The minimum atomic E-state index is -3.12. The average molecular weight is 346 g/mol. The molecule has 2 rings (SSSR count). The zero-order valence-corrected chi connectivity index (χ0v) is 15.1. The Morgan fingerprint density at radius 1 is 1.04 bits per heavy atom. The number of hydrogen-bond acceptors (Lipinski definition) is 3. The van der Waals surface area contributed by atoms with E-state index in [4.69, 9.17) is 0 Å². The highest BCUT2D eigenvalue weighted by Crippen LogP contribution is 2.23. The Hall–Kier alpha value is -1.69. The summed E-state index contributed by atoms with van der Waals surface area (Å²) in [5.74, 6) is 0.178. The molecule has 2 N–H and O–H groups in total. The molecule has 0 amide bonds. The van der Waals surface area contributed by atoms with Gasteiger partial charge in [-0.05, 0) is 29.7 Å². The van der Waals surface area contributed by atoms with E-state index in [9.17, 15) is 8.42 Å². The lowest BCUT2D eigenvalue weighted by molar-refractivity contribution is 0.584. The number of rotatable bonds is 9. The second-order valence-corrected chi connectivity index (χ2v) is 7.76. The fourth-order valence-corrected chi connectivity index (χ4v) is 3.70. The highest BCUT2D eigenvalue weighted by molar-refractivity contribution is 7.89. The first-order chi connectivity index (χ1) is 11.5. The van der Waals surface area contributed by atoms with Crippen LogP contribution in [0.5, 0.6) is 0 Å². The summed E-state index contributed by atoms with van der Waals surface area (Å²) in [6.07, 6.45) is 4.43. The second kappa shape index (κ2) is 8.97. The normalized spacial score (nSPS) is 13.6. The molecule has 0 bridgehead atoms. The summed E-state index contributed by atoms with van der Waals surface area (Å²) in [4.78, 5) is 0. The van der Waals surface area contributed by atoms with Crippen molar-refractivity contribution in [3.8, 4) is 0 Å². The van der Waals surface area contributed by atoms with Crippen LogP contribution in [0.25, 0.3) is 10.8 Å². The van der Waals surface area contributed by atoms with Crippen LogP contribution >= 0.6 is 0 Å². The standard InChI is InChI=1S/C19H26N2O2S/c1-3-15-24(22,23)21-14-7-6-13-20-16(2)18-12-8-10-17-9-4-5-11-19(17)18/h4-12,16,20-21H,3,13-15H2,1-2H3/b7-6+/t16-/m1/s1. The number of sulfonamides is 1.